The lowest BCUT2D eigenvalue weighted by molar-refractivity contribution is -0.255. The first-order chi connectivity index (χ1) is 24.6. The smallest absolute Gasteiger partial charge is 0.410 e. The summed E-state index contributed by atoms with van der Waals surface area (Å²) in [6.07, 6.45) is 11.3. The van der Waals surface area contributed by atoms with Gasteiger partial charge in [0.15, 0.2) is 0 Å². The van der Waals surface area contributed by atoms with Crippen LogP contribution in [0.1, 0.15) is 97.5 Å². The third-order valence-corrected chi connectivity index (χ3v) is 10.0. The maximum Gasteiger partial charge on any atom is 0.410 e. The highest BCUT2D eigenvalue weighted by Crippen LogP contribution is 2.62. The van der Waals surface area contributed by atoms with E-state index in [4.69, 9.17) is 28.9 Å². The minimum atomic E-state index is -1.31. The second-order valence-electron chi connectivity index (χ2n) is 15.1. The number of hydrogen-bond acceptors (Lipinski definition) is 9. The molecule has 2 N–H and O–H groups in total. The first-order valence-corrected chi connectivity index (χ1v) is 19.0. The number of aliphatic hydroxyl groups excluding tert-OH is 2. The number of nitrogens with zero attached hydrogens (tertiary/aromatic N) is 2. The van der Waals surface area contributed by atoms with Crippen molar-refractivity contribution in [1.29, 1.82) is 0 Å². The van der Waals surface area contributed by atoms with Crippen molar-refractivity contribution in [2.45, 2.75) is 104 Å². The molecule has 10 nitrogen and oxygen atoms in total. The molecule has 2 aliphatic carbocycles. The summed E-state index contributed by atoms with van der Waals surface area (Å²) >= 11 is 0. The van der Waals surface area contributed by atoms with Crippen molar-refractivity contribution < 1.29 is 38.8 Å². The quantitative estimate of drug-likeness (QED) is 0.0800. The first-order valence-electron chi connectivity index (χ1n) is 19.0. The molecule has 1 heterocycles. The fraction of sp³-hybridized carbons (Fsp3) is 0.659. The zero-order valence-electron chi connectivity index (χ0n) is 31.6. The van der Waals surface area contributed by atoms with Crippen LogP contribution in [-0.4, -0.2) is 84.9 Å². The summed E-state index contributed by atoms with van der Waals surface area (Å²) in [5, 5.41) is 24.3. The third-order valence-electron chi connectivity index (χ3n) is 10.0. The Balaban J connectivity index is 2.02. The Morgan fingerprint density at radius 2 is 1.80 bits per heavy atom. The molecule has 0 aromatic heterocycles. The lowest BCUT2D eigenvalue weighted by atomic mass is 9.55. The molecular formula is C41H62N2O8. The normalized spacial score (nSPS) is 25.9. The standard InChI is InChI=1S/C41H62N2O8/c1-8-20-43(39(46)48-28-40(5,6)7)36-27-34(42-50-11-4)32-25-29(16-12-14-21-44)31(17-13-15-22-45)37-33-26-30(47-23-9-2)18-19-35(33)51-41(36,38(32)37)49-24-10-3/h9-10,18-19,25-26,29,31,36-38,44-45H,2-3,8,11-17,20-24,27-28H2,1,4-7H3. The molecule has 0 bridgehead atoms. The van der Waals surface area contributed by atoms with Crippen molar-refractivity contribution in [3.05, 3.63) is 60.7 Å². The van der Waals surface area contributed by atoms with E-state index in [1.54, 1.807) is 17.1 Å². The van der Waals surface area contributed by atoms with E-state index in [1.807, 2.05) is 46.8 Å². The van der Waals surface area contributed by atoms with Crippen LogP contribution >= 0.6 is 0 Å². The molecule has 284 valence electrons. The lowest BCUT2D eigenvalue weighted by Crippen LogP contribution is -2.70. The van der Waals surface area contributed by atoms with E-state index in [0.717, 1.165) is 42.5 Å². The highest BCUT2D eigenvalue weighted by molar-refractivity contribution is 6.02. The number of aliphatic hydroxyl groups is 2. The van der Waals surface area contributed by atoms with Crippen molar-refractivity contribution in [2.75, 3.05) is 46.2 Å². The van der Waals surface area contributed by atoms with Crippen LogP contribution in [0.15, 0.2) is 60.3 Å². The molecular weight excluding hydrogens is 648 g/mol. The molecule has 1 aromatic carbocycles. The Morgan fingerprint density at radius 1 is 1.08 bits per heavy atom. The highest BCUT2D eigenvalue weighted by Gasteiger charge is 2.65. The monoisotopic (exact) mass is 710 g/mol. The van der Waals surface area contributed by atoms with E-state index in [-0.39, 0.29) is 55.5 Å². The van der Waals surface area contributed by atoms with Crippen LogP contribution in [0.4, 0.5) is 4.79 Å². The maximum atomic E-state index is 14.2. The molecule has 6 atom stereocenters. The van der Waals surface area contributed by atoms with Crippen LogP contribution in [0.2, 0.25) is 0 Å². The molecule has 0 saturated heterocycles. The van der Waals surface area contributed by atoms with E-state index in [0.29, 0.717) is 56.9 Å². The van der Waals surface area contributed by atoms with Gasteiger partial charge in [-0.3, -0.25) is 4.90 Å². The van der Waals surface area contributed by atoms with E-state index < -0.39 is 17.9 Å². The number of hydrogen-bond donors (Lipinski definition) is 2. The van der Waals surface area contributed by atoms with Gasteiger partial charge in [0.05, 0.1) is 24.8 Å². The number of unbranched alkanes of at least 4 members (excludes halogenated alkanes) is 2. The lowest BCUT2D eigenvalue weighted by Gasteiger charge is -2.60. The van der Waals surface area contributed by atoms with Crippen molar-refractivity contribution >= 4 is 11.8 Å². The number of oxime groups is 1. The molecule has 1 fully saturated rings. The van der Waals surface area contributed by atoms with Crippen LogP contribution in [0.3, 0.4) is 0 Å². The number of carbonyl (C=O) groups is 1. The fourth-order valence-corrected chi connectivity index (χ4v) is 8.01. The van der Waals surface area contributed by atoms with Crippen LogP contribution in [-0.2, 0) is 14.3 Å². The fourth-order valence-electron chi connectivity index (χ4n) is 8.01. The highest BCUT2D eigenvalue weighted by atomic mass is 16.7. The Labute approximate surface area is 305 Å². The Bertz CT molecular complexity index is 1370. The zero-order valence-corrected chi connectivity index (χ0v) is 31.6. The molecule has 51 heavy (non-hydrogen) atoms. The summed E-state index contributed by atoms with van der Waals surface area (Å²) in [6, 6.07) is 5.33. The van der Waals surface area contributed by atoms with Crippen molar-refractivity contribution in [2.24, 2.45) is 28.3 Å². The molecule has 0 spiro atoms. The number of amides is 1. The molecule has 1 aromatic rings. The third kappa shape index (κ3) is 9.56. The van der Waals surface area contributed by atoms with E-state index in [2.05, 4.69) is 25.3 Å². The molecule has 6 unspecified atom stereocenters. The number of benzene rings is 1. The van der Waals surface area contributed by atoms with Crippen molar-refractivity contribution in [3.63, 3.8) is 0 Å². The summed E-state index contributed by atoms with van der Waals surface area (Å²) in [7, 11) is 0. The Hall–Kier alpha value is -3.34. The molecule has 3 aliphatic rings. The molecule has 4 rings (SSSR count). The van der Waals surface area contributed by atoms with E-state index in [9.17, 15) is 15.0 Å². The van der Waals surface area contributed by atoms with Crippen LogP contribution in [0.5, 0.6) is 11.5 Å². The van der Waals surface area contributed by atoms with Gasteiger partial charge in [0.1, 0.15) is 30.8 Å². The maximum absolute atomic E-state index is 14.2. The van der Waals surface area contributed by atoms with Crippen LogP contribution in [0.25, 0.3) is 0 Å². The van der Waals surface area contributed by atoms with E-state index in [1.165, 1.54) is 0 Å². The molecule has 10 heteroatoms. The number of carbonyl (C=O) groups excluding carboxylic acids is 1. The van der Waals surface area contributed by atoms with Gasteiger partial charge in [-0.25, -0.2) is 4.79 Å². The average molecular weight is 711 g/mol. The predicted molar refractivity (Wildman–Crippen MR) is 200 cm³/mol. The number of ether oxygens (including phenoxy) is 4. The van der Waals surface area contributed by atoms with Gasteiger partial charge in [-0.15, -0.1) is 6.58 Å². The molecule has 1 amide bonds. The Morgan fingerprint density at radius 3 is 2.45 bits per heavy atom. The summed E-state index contributed by atoms with van der Waals surface area (Å²) < 4.78 is 26.2. The first kappa shape index (κ1) is 40.4. The van der Waals surface area contributed by atoms with Gasteiger partial charge < -0.3 is 34.0 Å². The van der Waals surface area contributed by atoms with Crippen molar-refractivity contribution in [1.82, 2.24) is 4.90 Å². The molecule has 1 saturated carbocycles. The molecule has 0 radical (unpaired) electrons. The number of allylic oxidation sites excluding steroid dienone is 1. The van der Waals surface area contributed by atoms with Crippen molar-refractivity contribution in [3.8, 4) is 11.5 Å². The average Bonchev–Trinajstić information content (AvgIpc) is 3.11. The second-order valence-corrected chi connectivity index (χ2v) is 15.1. The summed E-state index contributed by atoms with van der Waals surface area (Å²) in [5.41, 5.74) is 2.57. The topological polar surface area (TPSA) is 119 Å². The SMILES string of the molecule is C=CCOc1ccc2c(c1)C1C(CCCCO)C(CCCCO)C=C3C(=NOCC)CC(N(CCC)C(=O)OCC(C)(C)C)C(OCC=C)(O2)C31. The zero-order chi connectivity index (χ0) is 37.0. The minimum Gasteiger partial charge on any atom is -0.490 e. The van der Waals surface area contributed by atoms with Gasteiger partial charge in [0.25, 0.3) is 0 Å². The Kier molecular flexibility index (Phi) is 15.0. The van der Waals surface area contributed by atoms with Crippen LogP contribution < -0.4 is 9.47 Å². The number of rotatable bonds is 20. The second kappa shape index (κ2) is 18.9. The van der Waals surface area contributed by atoms with Gasteiger partial charge in [-0.2, -0.15) is 0 Å². The number of fused-ring (bicyclic) bond motifs is 2. The molecule has 1 aliphatic heterocycles. The van der Waals surface area contributed by atoms with Gasteiger partial charge in [-0.05, 0) is 80.1 Å². The minimum absolute atomic E-state index is 0.118. The van der Waals surface area contributed by atoms with Crippen LogP contribution in [0, 0.1) is 23.2 Å². The van der Waals surface area contributed by atoms with Gasteiger partial charge in [-0.1, -0.05) is 70.5 Å². The van der Waals surface area contributed by atoms with Gasteiger partial charge >= 0.3 is 6.09 Å². The van der Waals surface area contributed by atoms with E-state index >= 15 is 0 Å². The van der Waals surface area contributed by atoms with Gasteiger partial charge in [0.2, 0.25) is 5.79 Å². The summed E-state index contributed by atoms with van der Waals surface area (Å²) in [5.74, 6) is -0.121. The largest absolute Gasteiger partial charge is 0.490 e. The summed E-state index contributed by atoms with van der Waals surface area (Å²) in [6.45, 7) is 19.8. The van der Waals surface area contributed by atoms with Gasteiger partial charge in [0, 0.05) is 37.7 Å². The predicted octanol–water partition coefficient (Wildman–Crippen LogP) is 7.80. The summed E-state index contributed by atoms with van der Waals surface area (Å²) in [4.78, 5) is 21.8.